The highest BCUT2D eigenvalue weighted by atomic mass is 15.3. The Kier molecular flexibility index (Phi) is 2.28. The minimum Gasteiger partial charge on any atom is -0.384 e. The van der Waals surface area contributed by atoms with Gasteiger partial charge in [0.25, 0.3) is 0 Å². The summed E-state index contributed by atoms with van der Waals surface area (Å²) in [5.74, 6) is 1.61. The number of hydrogen-bond donors (Lipinski definition) is 1. The van der Waals surface area contributed by atoms with E-state index >= 15 is 0 Å². The number of anilines is 1. The zero-order valence-corrected chi connectivity index (χ0v) is 10.2. The molecule has 2 rings (SSSR count). The first-order valence-electron chi connectivity index (χ1n) is 5.82. The minimum absolute atomic E-state index is 0.292. The summed E-state index contributed by atoms with van der Waals surface area (Å²) in [6, 6.07) is 0. The Morgan fingerprint density at radius 2 is 2.20 bits per heavy atom. The summed E-state index contributed by atoms with van der Waals surface area (Å²) in [5, 5.41) is 4.60. The maximum Gasteiger partial charge on any atom is 0.124 e. The van der Waals surface area contributed by atoms with Gasteiger partial charge in [0.1, 0.15) is 5.82 Å². The molecule has 1 aliphatic carbocycles. The van der Waals surface area contributed by atoms with Crippen LogP contribution in [0.25, 0.3) is 0 Å². The van der Waals surface area contributed by atoms with Gasteiger partial charge >= 0.3 is 0 Å². The lowest BCUT2D eigenvalue weighted by Gasteiger charge is -2.09. The molecule has 0 aromatic carbocycles. The van der Waals surface area contributed by atoms with Gasteiger partial charge in [0, 0.05) is 18.0 Å². The predicted octanol–water partition coefficient (Wildman–Crippen LogP) is 2.25. The molecule has 0 spiro atoms. The van der Waals surface area contributed by atoms with E-state index in [4.69, 9.17) is 5.73 Å². The topological polar surface area (TPSA) is 43.8 Å². The largest absolute Gasteiger partial charge is 0.384 e. The molecule has 1 aromatic heterocycles. The maximum absolute atomic E-state index is 6.06. The van der Waals surface area contributed by atoms with Crippen molar-refractivity contribution in [2.24, 2.45) is 13.0 Å². The van der Waals surface area contributed by atoms with Crippen LogP contribution in [0.5, 0.6) is 0 Å². The number of nitrogen functional groups attached to an aromatic ring is 1. The Morgan fingerprint density at radius 3 is 2.67 bits per heavy atom. The Labute approximate surface area is 91.7 Å². The van der Waals surface area contributed by atoms with Crippen molar-refractivity contribution < 1.29 is 0 Å². The van der Waals surface area contributed by atoms with Crippen LogP contribution in [0.2, 0.25) is 0 Å². The smallest absolute Gasteiger partial charge is 0.124 e. The van der Waals surface area contributed by atoms with E-state index in [1.165, 1.54) is 17.7 Å². The van der Waals surface area contributed by atoms with Gasteiger partial charge in [-0.05, 0) is 18.8 Å². The molecule has 15 heavy (non-hydrogen) atoms. The molecule has 0 saturated heterocycles. The standard InChI is InChI=1S/C12H21N3/c1-5-6-9-10(12(3)7-8(12)2)14-15(4)11(9)13/h8H,5-7,13H2,1-4H3. The van der Waals surface area contributed by atoms with E-state index in [0.29, 0.717) is 5.41 Å². The summed E-state index contributed by atoms with van der Waals surface area (Å²) in [6.07, 6.45) is 3.44. The fraction of sp³-hybridized carbons (Fsp3) is 0.750. The molecule has 3 heteroatoms. The second-order valence-electron chi connectivity index (χ2n) is 5.11. The minimum atomic E-state index is 0.292. The van der Waals surface area contributed by atoms with E-state index in [1.807, 2.05) is 11.7 Å². The van der Waals surface area contributed by atoms with Crippen LogP contribution < -0.4 is 5.73 Å². The molecule has 3 nitrogen and oxygen atoms in total. The van der Waals surface area contributed by atoms with Gasteiger partial charge in [0.05, 0.1) is 5.69 Å². The van der Waals surface area contributed by atoms with Crippen LogP contribution in [0.1, 0.15) is 44.9 Å². The molecule has 0 radical (unpaired) electrons. The third kappa shape index (κ3) is 1.45. The molecule has 2 unspecified atom stereocenters. The van der Waals surface area contributed by atoms with Crippen molar-refractivity contribution in [1.29, 1.82) is 0 Å². The monoisotopic (exact) mass is 207 g/mol. The molecule has 1 heterocycles. The molecule has 2 N–H and O–H groups in total. The first-order chi connectivity index (χ1) is 7.00. The Morgan fingerprint density at radius 1 is 1.60 bits per heavy atom. The van der Waals surface area contributed by atoms with Gasteiger partial charge in [-0.1, -0.05) is 27.2 Å². The van der Waals surface area contributed by atoms with E-state index in [2.05, 4.69) is 25.9 Å². The Balaban J connectivity index is 2.43. The van der Waals surface area contributed by atoms with Crippen molar-refractivity contribution in [2.75, 3.05) is 5.73 Å². The summed E-state index contributed by atoms with van der Waals surface area (Å²) >= 11 is 0. The fourth-order valence-corrected chi connectivity index (χ4v) is 2.44. The average molecular weight is 207 g/mol. The molecule has 1 fully saturated rings. The van der Waals surface area contributed by atoms with Crippen LogP contribution in [0.15, 0.2) is 0 Å². The molecule has 1 aliphatic rings. The summed E-state index contributed by atoms with van der Waals surface area (Å²) in [5.41, 5.74) is 8.88. The average Bonchev–Trinajstić information content (AvgIpc) is 2.69. The van der Waals surface area contributed by atoms with Crippen molar-refractivity contribution in [2.45, 2.75) is 45.4 Å². The highest BCUT2D eigenvalue weighted by molar-refractivity contribution is 5.48. The SMILES string of the molecule is CCCc1c(C2(C)CC2C)nn(C)c1N. The number of aromatic nitrogens is 2. The van der Waals surface area contributed by atoms with E-state index in [9.17, 15) is 0 Å². The van der Waals surface area contributed by atoms with Crippen molar-refractivity contribution in [3.05, 3.63) is 11.3 Å². The zero-order chi connectivity index (χ0) is 11.2. The third-order valence-electron chi connectivity index (χ3n) is 3.89. The van der Waals surface area contributed by atoms with E-state index in [1.54, 1.807) is 0 Å². The van der Waals surface area contributed by atoms with Gasteiger partial charge in [0.2, 0.25) is 0 Å². The van der Waals surface area contributed by atoms with Crippen molar-refractivity contribution in [3.63, 3.8) is 0 Å². The van der Waals surface area contributed by atoms with Crippen LogP contribution in [0, 0.1) is 5.92 Å². The number of aryl methyl sites for hydroxylation is 1. The van der Waals surface area contributed by atoms with Crippen molar-refractivity contribution >= 4 is 5.82 Å². The molecule has 0 aliphatic heterocycles. The van der Waals surface area contributed by atoms with Gasteiger partial charge in [-0.2, -0.15) is 5.10 Å². The van der Waals surface area contributed by atoms with Gasteiger partial charge in [-0.3, -0.25) is 4.68 Å². The number of nitrogens with zero attached hydrogens (tertiary/aromatic N) is 2. The predicted molar refractivity (Wildman–Crippen MR) is 62.7 cm³/mol. The van der Waals surface area contributed by atoms with Gasteiger partial charge < -0.3 is 5.73 Å². The number of nitrogens with two attached hydrogens (primary N) is 1. The van der Waals surface area contributed by atoms with Crippen LogP contribution in [0.3, 0.4) is 0 Å². The summed E-state index contributed by atoms with van der Waals surface area (Å²) in [6.45, 7) is 6.79. The zero-order valence-electron chi connectivity index (χ0n) is 10.2. The van der Waals surface area contributed by atoms with E-state index < -0.39 is 0 Å². The first kappa shape index (κ1) is 10.5. The van der Waals surface area contributed by atoms with Crippen LogP contribution in [-0.2, 0) is 18.9 Å². The second-order valence-corrected chi connectivity index (χ2v) is 5.11. The fourth-order valence-electron chi connectivity index (χ4n) is 2.44. The van der Waals surface area contributed by atoms with E-state index in [0.717, 1.165) is 24.6 Å². The molecule has 0 bridgehead atoms. The van der Waals surface area contributed by atoms with Crippen LogP contribution in [0.4, 0.5) is 5.82 Å². The lowest BCUT2D eigenvalue weighted by atomic mass is 9.96. The molecule has 0 amide bonds. The van der Waals surface area contributed by atoms with Gasteiger partial charge in [-0.15, -0.1) is 0 Å². The lowest BCUT2D eigenvalue weighted by Crippen LogP contribution is -2.08. The molecular weight excluding hydrogens is 186 g/mol. The molecule has 1 aromatic rings. The summed E-state index contributed by atoms with van der Waals surface area (Å²) in [7, 11) is 1.94. The highest BCUT2D eigenvalue weighted by Crippen LogP contribution is 2.54. The summed E-state index contributed by atoms with van der Waals surface area (Å²) < 4.78 is 1.83. The lowest BCUT2D eigenvalue weighted by molar-refractivity contribution is 0.637. The number of rotatable bonds is 3. The maximum atomic E-state index is 6.06. The Bertz CT molecular complexity index is 380. The van der Waals surface area contributed by atoms with Crippen molar-refractivity contribution in [1.82, 2.24) is 9.78 Å². The number of hydrogen-bond acceptors (Lipinski definition) is 2. The first-order valence-corrected chi connectivity index (χ1v) is 5.82. The third-order valence-corrected chi connectivity index (χ3v) is 3.89. The van der Waals surface area contributed by atoms with Crippen LogP contribution in [-0.4, -0.2) is 9.78 Å². The molecular formula is C12H21N3. The summed E-state index contributed by atoms with van der Waals surface area (Å²) in [4.78, 5) is 0. The quantitative estimate of drug-likeness (QED) is 0.826. The molecule has 84 valence electrons. The van der Waals surface area contributed by atoms with Crippen molar-refractivity contribution in [3.8, 4) is 0 Å². The molecule has 2 atom stereocenters. The van der Waals surface area contributed by atoms with Gasteiger partial charge in [-0.25, -0.2) is 0 Å². The van der Waals surface area contributed by atoms with E-state index in [-0.39, 0.29) is 0 Å². The second kappa shape index (κ2) is 3.26. The van der Waals surface area contributed by atoms with Crippen LogP contribution >= 0.6 is 0 Å². The highest BCUT2D eigenvalue weighted by Gasteiger charge is 2.51. The normalized spacial score (nSPS) is 29.5. The molecule has 1 saturated carbocycles. The Hall–Kier alpha value is -0.990. The van der Waals surface area contributed by atoms with Gasteiger partial charge in [0.15, 0.2) is 0 Å².